The fourth-order valence-corrected chi connectivity index (χ4v) is 2.30. The van der Waals surface area contributed by atoms with Gasteiger partial charge in [-0.2, -0.15) is 5.26 Å². The fraction of sp³-hybridized carbons (Fsp3) is 0.500. The quantitative estimate of drug-likeness (QED) is 0.772. The number of likely N-dealkylation sites (N-methyl/N-ethyl adjacent to an activating group) is 1. The second-order valence-electron chi connectivity index (χ2n) is 3.98. The van der Waals surface area contributed by atoms with Crippen LogP contribution in [0.15, 0.2) is 16.6 Å². The van der Waals surface area contributed by atoms with Gasteiger partial charge in [0.15, 0.2) is 11.5 Å². The second-order valence-corrected chi connectivity index (χ2v) is 4.83. The SMILES string of the molecule is CCN(CC)CCOc1c(Br)cc(C#N)cc1OC. The molecule has 0 radical (unpaired) electrons. The summed E-state index contributed by atoms with van der Waals surface area (Å²) in [5, 5.41) is 8.91. The van der Waals surface area contributed by atoms with Crippen molar-refractivity contribution < 1.29 is 9.47 Å². The average Bonchev–Trinajstić information content (AvgIpc) is 2.44. The van der Waals surface area contributed by atoms with Crippen molar-refractivity contribution in [2.75, 3.05) is 33.4 Å². The summed E-state index contributed by atoms with van der Waals surface area (Å²) in [6, 6.07) is 5.50. The molecule has 0 spiro atoms. The van der Waals surface area contributed by atoms with Gasteiger partial charge in [0.1, 0.15) is 6.61 Å². The van der Waals surface area contributed by atoms with Gasteiger partial charge in [0, 0.05) is 12.6 Å². The number of rotatable bonds is 7. The number of nitrogens with zero attached hydrogens (tertiary/aromatic N) is 2. The average molecular weight is 327 g/mol. The third-order valence-electron chi connectivity index (χ3n) is 2.91. The van der Waals surface area contributed by atoms with Crippen molar-refractivity contribution in [1.82, 2.24) is 4.90 Å². The van der Waals surface area contributed by atoms with Crippen molar-refractivity contribution in [3.8, 4) is 17.6 Å². The van der Waals surface area contributed by atoms with Gasteiger partial charge in [-0.1, -0.05) is 13.8 Å². The van der Waals surface area contributed by atoms with Gasteiger partial charge in [-0.05, 0) is 35.1 Å². The number of ether oxygens (including phenoxy) is 2. The Labute approximate surface area is 123 Å². The van der Waals surface area contributed by atoms with E-state index in [4.69, 9.17) is 14.7 Å². The molecule has 0 unspecified atom stereocenters. The van der Waals surface area contributed by atoms with Gasteiger partial charge in [0.2, 0.25) is 0 Å². The highest BCUT2D eigenvalue weighted by Gasteiger charge is 2.12. The minimum absolute atomic E-state index is 0.541. The van der Waals surface area contributed by atoms with Crippen molar-refractivity contribution in [1.29, 1.82) is 5.26 Å². The van der Waals surface area contributed by atoms with Crippen molar-refractivity contribution >= 4 is 15.9 Å². The highest BCUT2D eigenvalue weighted by molar-refractivity contribution is 9.10. The third-order valence-corrected chi connectivity index (χ3v) is 3.50. The second kappa shape index (κ2) is 8.03. The van der Waals surface area contributed by atoms with Crippen LogP contribution in [0.25, 0.3) is 0 Å². The summed E-state index contributed by atoms with van der Waals surface area (Å²) >= 11 is 3.41. The Morgan fingerprint density at radius 3 is 2.53 bits per heavy atom. The lowest BCUT2D eigenvalue weighted by atomic mass is 10.2. The van der Waals surface area contributed by atoms with Crippen LogP contribution in [0, 0.1) is 11.3 Å². The maximum absolute atomic E-state index is 8.91. The third kappa shape index (κ3) is 4.41. The lowest BCUT2D eigenvalue weighted by Gasteiger charge is -2.19. The molecule has 0 saturated carbocycles. The first-order valence-electron chi connectivity index (χ1n) is 6.29. The summed E-state index contributed by atoms with van der Waals surface area (Å²) in [6.07, 6.45) is 0. The van der Waals surface area contributed by atoms with Crippen molar-refractivity contribution in [3.63, 3.8) is 0 Å². The van der Waals surface area contributed by atoms with Gasteiger partial charge in [-0.3, -0.25) is 0 Å². The van der Waals surface area contributed by atoms with Crippen LogP contribution in [0.3, 0.4) is 0 Å². The molecule has 1 aromatic carbocycles. The molecular weight excluding hydrogens is 308 g/mol. The first kappa shape index (κ1) is 15.8. The van der Waals surface area contributed by atoms with E-state index in [9.17, 15) is 0 Å². The largest absolute Gasteiger partial charge is 0.493 e. The van der Waals surface area contributed by atoms with E-state index in [1.807, 2.05) is 0 Å². The van der Waals surface area contributed by atoms with Crippen LogP contribution in [0.1, 0.15) is 19.4 Å². The maximum Gasteiger partial charge on any atom is 0.175 e. The molecular formula is C14H19BrN2O2. The van der Waals surface area contributed by atoms with E-state index >= 15 is 0 Å². The van der Waals surface area contributed by atoms with Crippen LogP contribution >= 0.6 is 15.9 Å². The smallest absolute Gasteiger partial charge is 0.175 e. The van der Waals surface area contributed by atoms with Gasteiger partial charge in [0.05, 0.1) is 23.2 Å². The number of nitriles is 1. The predicted molar refractivity (Wildman–Crippen MR) is 78.7 cm³/mol. The van der Waals surface area contributed by atoms with Gasteiger partial charge in [0.25, 0.3) is 0 Å². The number of halogens is 1. The summed E-state index contributed by atoms with van der Waals surface area (Å²) in [7, 11) is 1.57. The summed E-state index contributed by atoms with van der Waals surface area (Å²) in [5.74, 6) is 1.22. The molecule has 0 heterocycles. The van der Waals surface area contributed by atoms with Gasteiger partial charge < -0.3 is 14.4 Å². The zero-order valence-electron chi connectivity index (χ0n) is 11.6. The van der Waals surface area contributed by atoms with Crippen LogP contribution in [0.2, 0.25) is 0 Å². The maximum atomic E-state index is 8.91. The van der Waals surface area contributed by atoms with Crippen molar-refractivity contribution in [3.05, 3.63) is 22.2 Å². The molecule has 1 aromatic rings. The van der Waals surface area contributed by atoms with Crippen molar-refractivity contribution in [2.45, 2.75) is 13.8 Å². The van der Waals surface area contributed by atoms with E-state index in [1.54, 1.807) is 19.2 Å². The topological polar surface area (TPSA) is 45.5 Å². The van der Waals surface area contributed by atoms with E-state index in [-0.39, 0.29) is 0 Å². The number of hydrogen-bond donors (Lipinski definition) is 0. The molecule has 4 nitrogen and oxygen atoms in total. The van der Waals surface area contributed by atoms with E-state index < -0.39 is 0 Å². The van der Waals surface area contributed by atoms with Crippen LogP contribution in [-0.2, 0) is 0 Å². The Morgan fingerprint density at radius 2 is 2.00 bits per heavy atom. The molecule has 0 N–H and O–H groups in total. The number of methoxy groups -OCH3 is 1. The lowest BCUT2D eigenvalue weighted by molar-refractivity contribution is 0.216. The normalized spacial score (nSPS) is 10.3. The van der Waals surface area contributed by atoms with Crippen molar-refractivity contribution in [2.24, 2.45) is 0 Å². The molecule has 19 heavy (non-hydrogen) atoms. The predicted octanol–water partition coefficient (Wildman–Crippen LogP) is 3.05. The summed E-state index contributed by atoms with van der Waals surface area (Å²) in [6.45, 7) is 7.71. The first-order valence-corrected chi connectivity index (χ1v) is 7.08. The summed E-state index contributed by atoms with van der Waals surface area (Å²) in [4.78, 5) is 2.28. The minimum atomic E-state index is 0.541. The molecule has 0 amide bonds. The molecule has 0 aliphatic heterocycles. The highest BCUT2D eigenvalue weighted by atomic mass is 79.9. The van der Waals surface area contributed by atoms with Crippen LogP contribution in [0.5, 0.6) is 11.5 Å². The van der Waals surface area contributed by atoms with Gasteiger partial charge in [-0.15, -0.1) is 0 Å². The molecule has 0 aliphatic carbocycles. The van der Waals surface area contributed by atoms with E-state index in [0.29, 0.717) is 23.7 Å². The van der Waals surface area contributed by atoms with Crippen LogP contribution < -0.4 is 9.47 Å². The van der Waals surface area contributed by atoms with Crippen LogP contribution in [0.4, 0.5) is 0 Å². The molecule has 5 heteroatoms. The Morgan fingerprint density at radius 1 is 1.32 bits per heavy atom. The highest BCUT2D eigenvalue weighted by Crippen LogP contribution is 2.36. The minimum Gasteiger partial charge on any atom is -0.493 e. The molecule has 1 rings (SSSR count). The van der Waals surface area contributed by atoms with Gasteiger partial charge in [-0.25, -0.2) is 0 Å². The van der Waals surface area contributed by atoms with E-state index in [0.717, 1.165) is 24.1 Å². The Kier molecular flexibility index (Phi) is 6.68. The Hall–Kier alpha value is -1.25. The lowest BCUT2D eigenvalue weighted by Crippen LogP contribution is -2.28. The fourth-order valence-electron chi connectivity index (χ4n) is 1.74. The van der Waals surface area contributed by atoms with E-state index in [1.165, 1.54) is 0 Å². The molecule has 0 bridgehead atoms. The number of benzene rings is 1. The first-order chi connectivity index (χ1) is 9.15. The molecule has 0 saturated heterocycles. The number of hydrogen-bond acceptors (Lipinski definition) is 4. The standard InChI is InChI=1S/C14H19BrN2O2/c1-4-17(5-2)6-7-19-14-12(15)8-11(10-16)9-13(14)18-3/h8-9H,4-7H2,1-3H3. The molecule has 0 fully saturated rings. The Bertz CT molecular complexity index is 453. The zero-order chi connectivity index (χ0) is 14.3. The molecule has 104 valence electrons. The molecule has 0 atom stereocenters. The summed E-state index contributed by atoms with van der Waals surface area (Å²) < 4.78 is 11.8. The monoisotopic (exact) mass is 326 g/mol. The summed E-state index contributed by atoms with van der Waals surface area (Å²) in [5.41, 5.74) is 0.541. The molecule has 0 aromatic heterocycles. The van der Waals surface area contributed by atoms with Crippen LogP contribution in [-0.4, -0.2) is 38.3 Å². The molecule has 0 aliphatic rings. The Balaban J connectivity index is 2.75. The zero-order valence-corrected chi connectivity index (χ0v) is 13.2. The van der Waals surface area contributed by atoms with E-state index in [2.05, 4.69) is 40.7 Å². The van der Waals surface area contributed by atoms with Gasteiger partial charge >= 0.3 is 0 Å².